The maximum atomic E-state index is 4.91. The number of pyridine rings is 1. The summed E-state index contributed by atoms with van der Waals surface area (Å²) in [7, 11) is 0. The lowest BCUT2D eigenvalue weighted by molar-refractivity contribution is 0.0870. The molecule has 2 aromatic carbocycles. The van der Waals surface area contributed by atoms with E-state index in [2.05, 4.69) is 70.7 Å². The normalized spacial score (nSPS) is 20.4. The summed E-state index contributed by atoms with van der Waals surface area (Å²) in [6.45, 7) is 0. The molecular formula is C23H23N3. The highest BCUT2D eigenvalue weighted by molar-refractivity contribution is 5.76. The summed E-state index contributed by atoms with van der Waals surface area (Å²) in [4.78, 5) is 4.38. The zero-order chi connectivity index (χ0) is 17.6. The summed E-state index contributed by atoms with van der Waals surface area (Å²) in [5.41, 5.74) is 3.54. The van der Waals surface area contributed by atoms with Crippen molar-refractivity contribution in [2.75, 3.05) is 0 Å². The lowest BCUT2D eigenvalue weighted by Gasteiger charge is -2.40. The SMILES string of the molecule is C(=N\N1[C@H](c2ccccc2)CCC[C@H]1c1ccccc1)/c1ccccn1. The second-order valence-corrected chi connectivity index (χ2v) is 6.66. The Bertz CT molecular complexity index is 784. The molecule has 3 heteroatoms. The molecule has 0 unspecified atom stereocenters. The molecule has 0 amide bonds. The van der Waals surface area contributed by atoms with Gasteiger partial charge in [-0.2, -0.15) is 5.10 Å². The highest BCUT2D eigenvalue weighted by Crippen LogP contribution is 2.41. The number of hydrazone groups is 1. The molecule has 3 nitrogen and oxygen atoms in total. The largest absolute Gasteiger partial charge is 0.282 e. The fourth-order valence-electron chi connectivity index (χ4n) is 3.71. The third kappa shape index (κ3) is 3.67. The molecule has 26 heavy (non-hydrogen) atoms. The molecule has 130 valence electrons. The monoisotopic (exact) mass is 341 g/mol. The summed E-state index contributed by atoms with van der Waals surface area (Å²) in [6.07, 6.45) is 7.13. The van der Waals surface area contributed by atoms with Crippen molar-refractivity contribution < 1.29 is 0 Å². The van der Waals surface area contributed by atoms with Crippen molar-refractivity contribution >= 4 is 6.21 Å². The van der Waals surface area contributed by atoms with Gasteiger partial charge in [0.25, 0.3) is 0 Å². The first-order valence-electron chi connectivity index (χ1n) is 9.25. The van der Waals surface area contributed by atoms with E-state index in [-0.39, 0.29) is 12.1 Å². The smallest absolute Gasteiger partial charge is 0.0830 e. The minimum Gasteiger partial charge on any atom is -0.282 e. The van der Waals surface area contributed by atoms with Gasteiger partial charge in [-0.05, 0) is 42.5 Å². The predicted octanol–water partition coefficient (Wildman–Crippen LogP) is 5.38. The standard InChI is InChI=1S/C23H23N3/c1-3-10-19(11-4-1)22-15-9-16-23(20-12-5-2-6-13-20)26(22)25-18-21-14-7-8-17-24-21/h1-8,10-14,17-18,22-23H,9,15-16H2/b25-18+/t22-,23-/m0/s1. The van der Waals surface area contributed by atoms with Gasteiger partial charge in [0.15, 0.2) is 0 Å². The Hall–Kier alpha value is -2.94. The molecule has 0 N–H and O–H groups in total. The minimum atomic E-state index is 0.287. The number of piperidine rings is 1. The van der Waals surface area contributed by atoms with Crippen molar-refractivity contribution in [3.63, 3.8) is 0 Å². The molecule has 1 aromatic heterocycles. The van der Waals surface area contributed by atoms with Gasteiger partial charge in [0.2, 0.25) is 0 Å². The van der Waals surface area contributed by atoms with Crippen LogP contribution in [0.4, 0.5) is 0 Å². The summed E-state index contributed by atoms with van der Waals surface area (Å²) in [5, 5.41) is 7.20. The average molecular weight is 341 g/mol. The Morgan fingerprint density at radius 3 is 1.88 bits per heavy atom. The molecule has 2 atom stereocenters. The average Bonchev–Trinajstić information content (AvgIpc) is 2.74. The van der Waals surface area contributed by atoms with Crippen LogP contribution in [0.5, 0.6) is 0 Å². The summed E-state index contributed by atoms with van der Waals surface area (Å²) >= 11 is 0. The quantitative estimate of drug-likeness (QED) is 0.596. The van der Waals surface area contributed by atoms with Crippen LogP contribution in [-0.4, -0.2) is 16.2 Å². The Morgan fingerprint density at radius 1 is 0.769 bits per heavy atom. The zero-order valence-electron chi connectivity index (χ0n) is 14.8. The van der Waals surface area contributed by atoms with E-state index in [4.69, 9.17) is 5.10 Å². The molecule has 1 aliphatic rings. The van der Waals surface area contributed by atoms with E-state index >= 15 is 0 Å². The third-order valence-electron chi connectivity index (χ3n) is 4.97. The van der Waals surface area contributed by atoms with Gasteiger partial charge in [-0.25, -0.2) is 0 Å². The fourth-order valence-corrected chi connectivity index (χ4v) is 3.71. The second kappa shape index (κ2) is 7.96. The van der Waals surface area contributed by atoms with Crippen molar-refractivity contribution in [2.24, 2.45) is 5.10 Å². The molecule has 3 aromatic rings. The number of aromatic nitrogens is 1. The third-order valence-corrected chi connectivity index (χ3v) is 4.97. The van der Waals surface area contributed by atoms with Gasteiger partial charge in [-0.15, -0.1) is 0 Å². The number of hydrogen-bond acceptors (Lipinski definition) is 3. The van der Waals surface area contributed by atoms with E-state index < -0.39 is 0 Å². The Morgan fingerprint density at radius 2 is 1.35 bits per heavy atom. The zero-order valence-corrected chi connectivity index (χ0v) is 14.8. The number of nitrogens with zero attached hydrogens (tertiary/aromatic N) is 3. The maximum absolute atomic E-state index is 4.91. The maximum Gasteiger partial charge on any atom is 0.0830 e. The van der Waals surface area contributed by atoms with Gasteiger partial charge in [0.05, 0.1) is 24.0 Å². The molecule has 1 saturated heterocycles. The number of hydrogen-bond donors (Lipinski definition) is 0. The van der Waals surface area contributed by atoms with E-state index in [9.17, 15) is 0 Å². The van der Waals surface area contributed by atoms with Crippen molar-refractivity contribution in [3.05, 3.63) is 102 Å². The predicted molar refractivity (Wildman–Crippen MR) is 106 cm³/mol. The van der Waals surface area contributed by atoms with E-state index in [1.165, 1.54) is 17.5 Å². The second-order valence-electron chi connectivity index (χ2n) is 6.66. The van der Waals surface area contributed by atoms with Crippen LogP contribution in [0.3, 0.4) is 0 Å². The van der Waals surface area contributed by atoms with Crippen LogP contribution in [-0.2, 0) is 0 Å². The first-order chi connectivity index (χ1) is 12.9. The van der Waals surface area contributed by atoms with Gasteiger partial charge < -0.3 is 0 Å². The number of benzene rings is 2. The Kier molecular flexibility index (Phi) is 5.06. The lowest BCUT2D eigenvalue weighted by atomic mass is 9.89. The highest BCUT2D eigenvalue weighted by Gasteiger charge is 2.31. The highest BCUT2D eigenvalue weighted by atomic mass is 15.5. The topological polar surface area (TPSA) is 28.5 Å². The molecule has 2 heterocycles. The van der Waals surface area contributed by atoms with Gasteiger partial charge in [-0.1, -0.05) is 66.7 Å². The summed E-state index contributed by atoms with van der Waals surface area (Å²) in [5.74, 6) is 0. The first-order valence-corrected chi connectivity index (χ1v) is 9.25. The minimum absolute atomic E-state index is 0.287. The van der Waals surface area contributed by atoms with E-state index in [0.717, 1.165) is 18.5 Å². The van der Waals surface area contributed by atoms with E-state index in [0.29, 0.717) is 0 Å². The van der Waals surface area contributed by atoms with Crippen LogP contribution in [0.15, 0.2) is 90.2 Å². The van der Waals surface area contributed by atoms with Gasteiger partial charge >= 0.3 is 0 Å². The molecule has 1 fully saturated rings. The molecular weight excluding hydrogens is 318 g/mol. The van der Waals surface area contributed by atoms with Crippen LogP contribution in [0.2, 0.25) is 0 Å². The van der Waals surface area contributed by atoms with E-state index in [1.807, 2.05) is 24.4 Å². The summed E-state index contributed by atoms with van der Waals surface area (Å²) in [6, 6.07) is 27.9. The Balaban J connectivity index is 1.70. The van der Waals surface area contributed by atoms with Crippen LogP contribution >= 0.6 is 0 Å². The number of rotatable bonds is 4. The van der Waals surface area contributed by atoms with Crippen molar-refractivity contribution in [3.8, 4) is 0 Å². The van der Waals surface area contributed by atoms with Crippen molar-refractivity contribution in [1.82, 2.24) is 9.99 Å². The van der Waals surface area contributed by atoms with Crippen LogP contribution in [0, 0.1) is 0 Å². The molecule has 0 bridgehead atoms. The van der Waals surface area contributed by atoms with Gasteiger partial charge in [0.1, 0.15) is 0 Å². The molecule has 1 aliphatic heterocycles. The molecule has 0 saturated carbocycles. The molecule has 0 aliphatic carbocycles. The van der Waals surface area contributed by atoms with E-state index in [1.54, 1.807) is 6.20 Å². The van der Waals surface area contributed by atoms with Crippen LogP contribution in [0.25, 0.3) is 0 Å². The molecule has 0 spiro atoms. The lowest BCUT2D eigenvalue weighted by Crippen LogP contribution is -2.32. The molecule has 0 radical (unpaired) electrons. The first kappa shape index (κ1) is 16.5. The van der Waals surface area contributed by atoms with Crippen molar-refractivity contribution in [2.45, 2.75) is 31.3 Å². The van der Waals surface area contributed by atoms with Gasteiger partial charge in [-0.3, -0.25) is 9.99 Å². The molecule has 4 rings (SSSR count). The van der Waals surface area contributed by atoms with Crippen LogP contribution < -0.4 is 0 Å². The van der Waals surface area contributed by atoms with Gasteiger partial charge in [0, 0.05) is 6.20 Å². The van der Waals surface area contributed by atoms with Crippen molar-refractivity contribution in [1.29, 1.82) is 0 Å². The summed E-state index contributed by atoms with van der Waals surface area (Å²) < 4.78 is 0. The Labute approximate surface area is 155 Å². The fraction of sp³-hybridized carbons (Fsp3) is 0.217. The van der Waals surface area contributed by atoms with Crippen LogP contribution in [0.1, 0.15) is 48.2 Å².